The Morgan fingerprint density at radius 2 is 1.96 bits per heavy atom. The number of piperidine rings is 1. The number of rotatable bonds is 5. The molecule has 3 rings (SSSR count). The molecule has 0 radical (unpaired) electrons. The van der Waals surface area contributed by atoms with Gasteiger partial charge in [-0.1, -0.05) is 12.1 Å². The third-order valence-corrected chi connectivity index (χ3v) is 4.83. The Kier molecular flexibility index (Phi) is 5.36. The lowest BCUT2D eigenvalue weighted by Gasteiger charge is -2.36. The second-order valence-electron chi connectivity index (χ2n) is 6.55. The predicted molar refractivity (Wildman–Crippen MR) is 93.0 cm³/mol. The fraction of sp³-hybridized carbons (Fsp3) is 0.474. The van der Waals surface area contributed by atoms with Gasteiger partial charge in [0.2, 0.25) is 0 Å². The van der Waals surface area contributed by atoms with Crippen molar-refractivity contribution in [1.29, 1.82) is 0 Å². The number of likely N-dealkylation sites (tertiary alicyclic amines) is 1. The van der Waals surface area contributed by atoms with E-state index in [1.54, 1.807) is 0 Å². The van der Waals surface area contributed by atoms with E-state index in [0.29, 0.717) is 6.04 Å². The topological polar surface area (TPSA) is 32.3 Å². The summed E-state index contributed by atoms with van der Waals surface area (Å²) in [5.74, 6) is 0. The van der Waals surface area contributed by atoms with E-state index in [0.717, 1.165) is 26.2 Å². The third-order valence-electron chi connectivity index (χ3n) is 4.83. The molecular formula is C19H26N4. The number of hydrogen-bond acceptors (Lipinski definition) is 4. The molecule has 0 aromatic carbocycles. The monoisotopic (exact) mass is 310 g/mol. The third kappa shape index (κ3) is 4.36. The zero-order valence-electron chi connectivity index (χ0n) is 14.2. The maximum atomic E-state index is 4.52. The van der Waals surface area contributed by atoms with E-state index >= 15 is 0 Å². The van der Waals surface area contributed by atoms with Gasteiger partial charge in [0.25, 0.3) is 0 Å². The van der Waals surface area contributed by atoms with E-state index in [1.807, 2.05) is 30.7 Å². The summed E-state index contributed by atoms with van der Waals surface area (Å²) in [6.07, 6.45) is 8.16. The van der Waals surface area contributed by atoms with E-state index in [1.165, 1.54) is 29.7 Å². The molecule has 0 spiro atoms. The Labute approximate surface area is 139 Å². The molecule has 23 heavy (non-hydrogen) atoms. The zero-order chi connectivity index (χ0) is 16.1. The van der Waals surface area contributed by atoms with Crippen molar-refractivity contribution in [3.8, 4) is 0 Å². The van der Waals surface area contributed by atoms with Gasteiger partial charge in [0.1, 0.15) is 0 Å². The fourth-order valence-corrected chi connectivity index (χ4v) is 3.32. The highest BCUT2D eigenvalue weighted by atomic mass is 15.2. The van der Waals surface area contributed by atoms with Gasteiger partial charge in [-0.25, -0.2) is 0 Å². The molecule has 0 bridgehead atoms. The van der Waals surface area contributed by atoms with Crippen LogP contribution in [0, 0.1) is 6.92 Å². The van der Waals surface area contributed by atoms with Crippen molar-refractivity contribution in [1.82, 2.24) is 19.8 Å². The lowest BCUT2D eigenvalue weighted by atomic mass is 10.0. The van der Waals surface area contributed by atoms with Gasteiger partial charge in [0, 0.05) is 37.7 Å². The van der Waals surface area contributed by atoms with Gasteiger partial charge in [0.05, 0.1) is 5.69 Å². The van der Waals surface area contributed by atoms with Crippen LogP contribution in [0.5, 0.6) is 0 Å². The van der Waals surface area contributed by atoms with Crippen LogP contribution in [0.15, 0.2) is 42.9 Å². The van der Waals surface area contributed by atoms with Crippen LogP contribution < -0.4 is 0 Å². The molecule has 0 unspecified atom stereocenters. The lowest BCUT2D eigenvalue weighted by Crippen LogP contribution is -2.42. The van der Waals surface area contributed by atoms with Crippen LogP contribution in [-0.2, 0) is 13.1 Å². The van der Waals surface area contributed by atoms with Crippen LogP contribution in [-0.4, -0.2) is 45.9 Å². The molecule has 1 saturated heterocycles. The highest BCUT2D eigenvalue weighted by Crippen LogP contribution is 2.19. The number of nitrogens with zero attached hydrogens (tertiary/aromatic N) is 4. The van der Waals surface area contributed by atoms with Crippen molar-refractivity contribution in [3.63, 3.8) is 0 Å². The summed E-state index contributed by atoms with van der Waals surface area (Å²) in [7, 11) is 2.23. The Hall–Kier alpha value is -1.78. The predicted octanol–water partition coefficient (Wildman–Crippen LogP) is 2.88. The van der Waals surface area contributed by atoms with Crippen LogP contribution in [0.3, 0.4) is 0 Å². The van der Waals surface area contributed by atoms with Gasteiger partial charge in [-0.05, 0) is 63.2 Å². The number of hydrogen-bond donors (Lipinski definition) is 0. The Bertz CT molecular complexity index is 606. The first-order valence-electron chi connectivity index (χ1n) is 8.44. The zero-order valence-corrected chi connectivity index (χ0v) is 14.2. The van der Waals surface area contributed by atoms with Gasteiger partial charge in [0.15, 0.2) is 0 Å². The number of pyridine rings is 2. The molecule has 2 aromatic heterocycles. The number of aryl methyl sites for hydroxylation is 1. The summed E-state index contributed by atoms with van der Waals surface area (Å²) in [4.78, 5) is 13.7. The van der Waals surface area contributed by atoms with Gasteiger partial charge >= 0.3 is 0 Å². The van der Waals surface area contributed by atoms with Crippen molar-refractivity contribution < 1.29 is 0 Å². The molecule has 0 aliphatic carbocycles. The minimum Gasteiger partial charge on any atom is -0.299 e. The molecule has 0 amide bonds. The van der Waals surface area contributed by atoms with Crippen LogP contribution >= 0.6 is 0 Å². The lowest BCUT2D eigenvalue weighted by molar-refractivity contribution is 0.118. The van der Waals surface area contributed by atoms with Crippen molar-refractivity contribution in [2.75, 3.05) is 20.1 Å². The van der Waals surface area contributed by atoms with Gasteiger partial charge in [-0.2, -0.15) is 0 Å². The van der Waals surface area contributed by atoms with Crippen molar-refractivity contribution in [2.24, 2.45) is 0 Å². The molecule has 1 aliphatic rings. The molecule has 3 heterocycles. The first-order valence-corrected chi connectivity index (χ1v) is 8.44. The largest absolute Gasteiger partial charge is 0.299 e. The average molecular weight is 310 g/mol. The molecule has 0 N–H and O–H groups in total. The van der Waals surface area contributed by atoms with E-state index in [-0.39, 0.29) is 0 Å². The van der Waals surface area contributed by atoms with Crippen LogP contribution in [0.4, 0.5) is 0 Å². The summed E-state index contributed by atoms with van der Waals surface area (Å²) in [6.45, 7) is 6.42. The first-order chi connectivity index (χ1) is 11.2. The van der Waals surface area contributed by atoms with Crippen molar-refractivity contribution in [3.05, 3.63) is 59.7 Å². The molecule has 1 fully saturated rings. The molecule has 0 saturated carbocycles. The summed E-state index contributed by atoms with van der Waals surface area (Å²) in [5, 5.41) is 0. The highest BCUT2D eigenvalue weighted by molar-refractivity contribution is 5.17. The maximum Gasteiger partial charge on any atom is 0.0573 e. The van der Waals surface area contributed by atoms with Crippen LogP contribution in [0.2, 0.25) is 0 Å². The van der Waals surface area contributed by atoms with E-state index in [2.05, 4.69) is 45.9 Å². The van der Waals surface area contributed by atoms with Crippen molar-refractivity contribution in [2.45, 2.75) is 38.9 Å². The molecule has 4 heteroatoms. The minimum atomic E-state index is 0.654. The Balaban J connectivity index is 1.49. The minimum absolute atomic E-state index is 0.654. The van der Waals surface area contributed by atoms with Gasteiger partial charge in [-0.3, -0.25) is 19.8 Å². The smallest absolute Gasteiger partial charge is 0.0573 e. The molecule has 0 atom stereocenters. The summed E-state index contributed by atoms with van der Waals surface area (Å²) in [6, 6.07) is 8.99. The Morgan fingerprint density at radius 3 is 2.65 bits per heavy atom. The summed E-state index contributed by atoms with van der Waals surface area (Å²) in [5.41, 5.74) is 3.80. The highest BCUT2D eigenvalue weighted by Gasteiger charge is 2.23. The van der Waals surface area contributed by atoms with Crippen LogP contribution in [0.25, 0.3) is 0 Å². The van der Waals surface area contributed by atoms with Crippen molar-refractivity contribution >= 4 is 0 Å². The summed E-state index contributed by atoms with van der Waals surface area (Å²) >= 11 is 0. The van der Waals surface area contributed by atoms with Gasteiger partial charge in [-0.15, -0.1) is 0 Å². The SMILES string of the molecule is Cc1cccnc1CN(C)C1CCN(Cc2cccnc2)CC1. The maximum absolute atomic E-state index is 4.52. The second kappa shape index (κ2) is 7.66. The van der Waals surface area contributed by atoms with Crippen LogP contribution in [0.1, 0.15) is 29.7 Å². The standard InChI is InChI=1S/C19H26N4/c1-16-5-3-10-21-19(16)15-22(2)18-7-11-23(12-8-18)14-17-6-4-9-20-13-17/h3-6,9-10,13,18H,7-8,11-12,14-15H2,1-2H3. The molecule has 122 valence electrons. The van der Waals surface area contributed by atoms with E-state index < -0.39 is 0 Å². The average Bonchev–Trinajstić information content (AvgIpc) is 2.58. The fourth-order valence-electron chi connectivity index (χ4n) is 3.32. The summed E-state index contributed by atoms with van der Waals surface area (Å²) < 4.78 is 0. The second-order valence-corrected chi connectivity index (χ2v) is 6.55. The molecule has 2 aromatic rings. The van der Waals surface area contributed by atoms with E-state index in [9.17, 15) is 0 Å². The van der Waals surface area contributed by atoms with Gasteiger partial charge < -0.3 is 0 Å². The molecule has 1 aliphatic heterocycles. The van der Waals surface area contributed by atoms with E-state index in [4.69, 9.17) is 0 Å². The Morgan fingerprint density at radius 1 is 1.17 bits per heavy atom. The normalized spacial score (nSPS) is 16.8. The molecule has 4 nitrogen and oxygen atoms in total. The number of aromatic nitrogens is 2. The molecular weight excluding hydrogens is 284 g/mol. The quantitative estimate of drug-likeness (QED) is 0.850. The first kappa shape index (κ1) is 16.1.